The largest absolute Gasteiger partial charge is 0.419 e. The first kappa shape index (κ1) is 17.7. The van der Waals surface area contributed by atoms with Crippen LogP contribution in [0.3, 0.4) is 0 Å². The zero-order chi connectivity index (χ0) is 15.9. The molecule has 0 radical (unpaired) electrons. The van der Waals surface area contributed by atoms with Crippen LogP contribution in [0.5, 0.6) is 0 Å². The van der Waals surface area contributed by atoms with Crippen LogP contribution in [0, 0.1) is 5.82 Å². The van der Waals surface area contributed by atoms with Gasteiger partial charge in [-0.2, -0.15) is 13.2 Å². The highest BCUT2D eigenvalue weighted by atomic mass is 19.4. The summed E-state index contributed by atoms with van der Waals surface area (Å²) in [5, 5.41) is 3.22. The van der Waals surface area contributed by atoms with Gasteiger partial charge >= 0.3 is 6.18 Å². The number of hydrogen-bond acceptors (Lipinski definition) is 1. The van der Waals surface area contributed by atoms with E-state index in [1.807, 2.05) is 6.92 Å². The van der Waals surface area contributed by atoms with Crippen LogP contribution in [0.25, 0.3) is 0 Å². The highest BCUT2D eigenvalue weighted by Crippen LogP contribution is 2.33. The van der Waals surface area contributed by atoms with E-state index < -0.39 is 17.6 Å². The first-order valence-corrected chi connectivity index (χ1v) is 7.11. The molecule has 1 unspecified atom stereocenters. The van der Waals surface area contributed by atoms with E-state index in [1.165, 1.54) is 6.07 Å². The van der Waals surface area contributed by atoms with Crippen LogP contribution in [-0.2, 0) is 6.18 Å². The number of nitrogens with one attached hydrogen (secondary N) is 1. The van der Waals surface area contributed by atoms with Gasteiger partial charge in [0.05, 0.1) is 5.56 Å². The molecular weight excluding hydrogens is 282 g/mol. The van der Waals surface area contributed by atoms with Crippen LogP contribution in [0.1, 0.15) is 49.8 Å². The third kappa shape index (κ3) is 5.50. The summed E-state index contributed by atoms with van der Waals surface area (Å²) in [6.45, 7) is 6.32. The minimum Gasteiger partial charge on any atom is -0.310 e. The second-order valence-corrected chi connectivity index (χ2v) is 4.96. The van der Waals surface area contributed by atoms with Gasteiger partial charge in [-0.25, -0.2) is 4.39 Å². The molecule has 1 atom stereocenters. The lowest BCUT2D eigenvalue weighted by Crippen LogP contribution is -2.23. The van der Waals surface area contributed by atoms with Gasteiger partial charge in [-0.1, -0.05) is 19.1 Å². The van der Waals surface area contributed by atoms with Gasteiger partial charge in [0.15, 0.2) is 0 Å². The lowest BCUT2D eigenvalue weighted by atomic mass is 9.98. The molecule has 0 saturated heterocycles. The molecule has 0 bridgehead atoms. The van der Waals surface area contributed by atoms with E-state index in [0.29, 0.717) is 18.5 Å². The zero-order valence-electron chi connectivity index (χ0n) is 12.1. The smallest absolute Gasteiger partial charge is 0.310 e. The fourth-order valence-corrected chi connectivity index (χ4v) is 2.15. The molecule has 0 heterocycles. The van der Waals surface area contributed by atoms with Crippen molar-refractivity contribution in [2.75, 3.05) is 6.54 Å². The molecule has 0 aliphatic rings. The summed E-state index contributed by atoms with van der Waals surface area (Å²) in [6.07, 6.45) is 0.306. The molecule has 1 N–H and O–H groups in total. The Bertz CT molecular complexity index is 454. The molecule has 1 aromatic rings. The zero-order valence-corrected chi connectivity index (χ0v) is 12.1. The lowest BCUT2D eigenvalue weighted by Gasteiger charge is -2.20. The topological polar surface area (TPSA) is 12.0 Å². The van der Waals surface area contributed by atoms with Crippen molar-refractivity contribution in [2.24, 2.45) is 0 Å². The highest BCUT2D eigenvalue weighted by Gasteiger charge is 2.34. The Kier molecular flexibility index (Phi) is 6.89. The molecule has 0 saturated carbocycles. The summed E-state index contributed by atoms with van der Waals surface area (Å²) in [5.41, 5.74) is -0.728. The van der Waals surface area contributed by atoms with Crippen molar-refractivity contribution in [1.82, 2.24) is 5.32 Å². The van der Waals surface area contributed by atoms with Crippen LogP contribution in [-0.4, -0.2) is 6.54 Å². The molecule has 1 nitrogen and oxygen atoms in total. The van der Waals surface area contributed by atoms with Crippen LogP contribution < -0.4 is 5.32 Å². The first-order chi connectivity index (χ1) is 9.90. The Hall–Kier alpha value is -1.36. The van der Waals surface area contributed by atoms with Crippen LogP contribution >= 0.6 is 0 Å². The summed E-state index contributed by atoms with van der Waals surface area (Å²) in [4.78, 5) is 0. The monoisotopic (exact) mass is 303 g/mol. The van der Waals surface area contributed by atoms with E-state index in [-0.39, 0.29) is 6.04 Å². The molecule has 21 heavy (non-hydrogen) atoms. The van der Waals surface area contributed by atoms with Crippen molar-refractivity contribution in [3.63, 3.8) is 0 Å². The molecule has 0 fully saturated rings. The van der Waals surface area contributed by atoms with Crippen LogP contribution in [0.4, 0.5) is 17.6 Å². The van der Waals surface area contributed by atoms with E-state index in [2.05, 4.69) is 11.9 Å². The fourth-order valence-electron chi connectivity index (χ4n) is 2.15. The highest BCUT2D eigenvalue weighted by molar-refractivity contribution is 5.29. The van der Waals surface area contributed by atoms with Crippen molar-refractivity contribution < 1.29 is 17.6 Å². The Morgan fingerprint density at radius 1 is 1.33 bits per heavy atom. The van der Waals surface area contributed by atoms with Gasteiger partial charge in [-0.15, -0.1) is 6.58 Å². The maximum absolute atomic E-state index is 13.3. The van der Waals surface area contributed by atoms with Gasteiger partial charge in [-0.05, 0) is 49.9 Å². The van der Waals surface area contributed by atoms with Gasteiger partial charge in [0, 0.05) is 6.04 Å². The van der Waals surface area contributed by atoms with Crippen molar-refractivity contribution in [1.29, 1.82) is 0 Å². The summed E-state index contributed by atoms with van der Waals surface area (Å²) in [6, 6.07) is 3.03. The molecule has 1 aromatic carbocycles. The number of hydrogen-bond donors (Lipinski definition) is 1. The molecule has 1 rings (SSSR count). The second-order valence-electron chi connectivity index (χ2n) is 4.96. The van der Waals surface area contributed by atoms with E-state index in [0.717, 1.165) is 31.4 Å². The molecule has 5 heteroatoms. The number of rotatable bonds is 8. The SMILES string of the molecule is C=CCCCC(NCCC)c1ccc(F)c(C(F)(F)F)c1. The van der Waals surface area contributed by atoms with E-state index in [1.54, 1.807) is 6.08 Å². The Morgan fingerprint density at radius 2 is 2.05 bits per heavy atom. The molecule has 0 spiro atoms. The normalized spacial score (nSPS) is 13.2. The Morgan fingerprint density at radius 3 is 2.62 bits per heavy atom. The fraction of sp³-hybridized carbons (Fsp3) is 0.500. The van der Waals surface area contributed by atoms with Crippen molar-refractivity contribution in [3.05, 3.63) is 47.8 Å². The van der Waals surface area contributed by atoms with Crippen LogP contribution in [0.15, 0.2) is 30.9 Å². The molecule has 118 valence electrons. The van der Waals surface area contributed by atoms with Gasteiger partial charge < -0.3 is 5.32 Å². The van der Waals surface area contributed by atoms with Crippen molar-refractivity contribution >= 4 is 0 Å². The second kappa shape index (κ2) is 8.17. The molecule has 0 aliphatic carbocycles. The van der Waals surface area contributed by atoms with Crippen LogP contribution in [0.2, 0.25) is 0 Å². The third-order valence-corrected chi connectivity index (χ3v) is 3.24. The number of halogens is 4. The molecule has 0 aromatic heterocycles. The predicted molar refractivity (Wildman–Crippen MR) is 76.5 cm³/mol. The molecule has 0 amide bonds. The van der Waals surface area contributed by atoms with Gasteiger partial charge in [-0.3, -0.25) is 0 Å². The number of alkyl halides is 3. The maximum atomic E-state index is 13.3. The van der Waals surface area contributed by atoms with Gasteiger partial charge in [0.2, 0.25) is 0 Å². The summed E-state index contributed by atoms with van der Waals surface area (Å²) >= 11 is 0. The van der Waals surface area contributed by atoms with E-state index >= 15 is 0 Å². The molecular formula is C16H21F4N. The third-order valence-electron chi connectivity index (χ3n) is 3.24. The van der Waals surface area contributed by atoms with Crippen molar-refractivity contribution in [2.45, 2.75) is 44.8 Å². The average molecular weight is 303 g/mol. The lowest BCUT2D eigenvalue weighted by molar-refractivity contribution is -0.140. The first-order valence-electron chi connectivity index (χ1n) is 7.11. The van der Waals surface area contributed by atoms with E-state index in [9.17, 15) is 17.6 Å². The summed E-state index contributed by atoms with van der Waals surface area (Å²) in [7, 11) is 0. The predicted octanol–water partition coefficient (Wildman–Crippen LogP) is 5.24. The minimum atomic E-state index is -4.67. The Labute approximate surface area is 123 Å². The van der Waals surface area contributed by atoms with Crippen molar-refractivity contribution in [3.8, 4) is 0 Å². The number of unbranched alkanes of at least 4 members (excludes halogenated alkanes) is 1. The summed E-state index contributed by atoms with van der Waals surface area (Å²) < 4.78 is 51.7. The minimum absolute atomic E-state index is 0.202. The number of allylic oxidation sites excluding steroid dienone is 1. The quantitative estimate of drug-likeness (QED) is 0.393. The van der Waals surface area contributed by atoms with Gasteiger partial charge in [0.25, 0.3) is 0 Å². The van der Waals surface area contributed by atoms with E-state index in [4.69, 9.17) is 0 Å². The number of benzene rings is 1. The summed E-state index contributed by atoms with van der Waals surface area (Å²) in [5.74, 6) is -1.23. The standard InChI is InChI=1S/C16H21F4N/c1-3-5-6-7-15(21-10-4-2)12-8-9-14(17)13(11-12)16(18,19)20/h3,8-9,11,15,21H,1,4-7,10H2,2H3. The molecule has 0 aliphatic heterocycles. The Balaban J connectivity index is 2.97. The maximum Gasteiger partial charge on any atom is 0.419 e. The van der Waals surface area contributed by atoms with Gasteiger partial charge in [0.1, 0.15) is 5.82 Å². The average Bonchev–Trinajstić information content (AvgIpc) is 2.42.